The number of carboxylic acid groups (broad SMARTS) is 1. The highest BCUT2D eigenvalue weighted by Crippen LogP contribution is 2.43. The van der Waals surface area contributed by atoms with Crippen LogP contribution in [0, 0.1) is 0 Å². The molecule has 8 heteroatoms. The molecule has 1 aliphatic rings. The van der Waals surface area contributed by atoms with E-state index in [1.54, 1.807) is 7.11 Å². The summed E-state index contributed by atoms with van der Waals surface area (Å²) in [5, 5.41) is 13.2. The van der Waals surface area contributed by atoms with Gasteiger partial charge in [0.15, 0.2) is 0 Å². The Morgan fingerprint density at radius 1 is 1.09 bits per heavy atom. The number of aliphatic carboxylic acids is 1. The molecule has 0 spiro atoms. The first kappa shape index (κ1) is 21.9. The van der Waals surface area contributed by atoms with E-state index in [1.807, 2.05) is 54.6 Å². The fourth-order valence-electron chi connectivity index (χ4n) is 4.47. The third-order valence-corrected chi connectivity index (χ3v) is 6.07. The molecule has 0 bridgehead atoms. The Morgan fingerprint density at radius 3 is 2.62 bits per heavy atom. The first-order valence-corrected chi connectivity index (χ1v) is 11.2. The predicted molar refractivity (Wildman–Crippen MR) is 128 cm³/mol. The van der Waals surface area contributed by atoms with Crippen molar-refractivity contribution >= 4 is 22.9 Å². The summed E-state index contributed by atoms with van der Waals surface area (Å²) in [6, 6.07) is 17.9. The van der Waals surface area contributed by atoms with Crippen LogP contribution in [0.2, 0.25) is 0 Å². The summed E-state index contributed by atoms with van der Waals surface area (Å²) in [6.07, 6.45) is 3.77. The Morgan fingerprint density at radius 2 is 1.88 bits per heavy atom. The largest absolute Gasteiger partial charge is 0.497 e. The van der Waals surface area contributed by atoms with Crippen LogP contribution >= 0.6 is 0 Å². The minimum atomic E-state index is -0.954. The number of hydrogen-bond donors (Lipinski definition) is 2. The number of furan rings is 1. The van der Waals surface area contributed by atoms with Crippen LogP contribution in [0.3, 0.4) is 0 Å². The Balaban J connectivity index is 1.55. The zero-order valence-electron chi connectivity index (χ0n) is 18.7. The van der Waals surface area contributed by atoms with E-state index < -0.39 is 5.97 Å². The molecule has 1 aliphatic carbocycles. The Labute approximate surface area is 196 Å². The number of carboxylic acids is 1. The van der Waals surface area contributed by atoms with Crippen LogP contribution in [0.15, 0.2) is 65.3 Å². The zero-order chi connectivity index (χ0) is 23.5. The van der Waals surface area contributed by atoms with Gasteiger partial charge >= 0.3 is 5.97 Å². The van der Waals surface area contributed by atoms with Gasteiger partial charge in [0.05, 0.1) is 18.6 Å². The normalized spacial score (nSPS) is 17.7. The summed E-state index contributed by atoms with van der Waals surface area (Å²) in [4.78, 5) is 19.8. The lowest BCUT2D eigenvalue weighted by Gasteiger charge is -2.15. The van der Waals surface area contributed by atoms with Gasteiger partial charge in [-0.05, 0) is 37.0 Å². The number of hydrogen-bond acceptors (Lipinski definition) is 7. The standard InChI is InChI=1S/C26H25N3O5/c1-32-19-10-7-16(8-11-19)22-23-25(29-18-9-12-20(13-18)33-14-21(30)31)27-15-28-26(23)34-24(22)17-5-3-2-4-6-17/h2-8,10-11,15,18,20H,9,12-14H2,1H3,(H,30,31)(H,27,28,29)/t18?,20-/m1/s1. The molecule has 1 saturated carbocycles. The SMILES string of the molecule is COc1ccc(-c2c(-c3ccccc3)oc3ncnc(NC4CC[C@@H](OCC(=O)O)C4)c23)cc1. The Hall–Kier alpha value is -3.91. The molecule has 0 aliphatic heterocycles. The third-order valence-electron chi connectivity index (χ3n) is 6.07. The van der Waals surface area contributed by atoms with Gasteiger partial charge in [0.25, 0.3) is 0 Å². The van der Waals surface area contributed by atoms with Crippen molar-refractivity contribution in [1.82, 2.24) is 9.97 Å². The van der Waals surface area contributed by atoms with E-state index in [2.05, 4.69) is 15.3 Å². The molecule has 2 aromatic heterocycles. The average Bonchev–Trinajstić information content (AvgIpc) is 3.48. The van der Waals surface area contributed by atoms with Gasteiger partial charge in [-0.25, -0.2) is 14.8 Å². The fourth-order valence-corrected chi connectivity index (χ4v) is 4.47. The monoisotopic (exact) mass is 459 g/mol. The number of anilines is 1. The summed E-state index contributed by atoms with van der Waals surface area (Å²) < 4.78 is 17.1. The van der Waals surface area contributed by atoms with Crippen molar-refractivity contribution in [3.8, 4) is 28.2 Å². The second-order valence-corrected chi connectivity index (χ2v) is 8.28. The maximum absolute atomic E-state index is 10.8. The highest BCUT2D eigenvalue weighted by Gasteiger charge is 2.28. The molecule has 1 fully saturated rings. The predicted octanol–water partition coefficient (Wildman–Crippen LogP) is 5.00. The van der Waals surface area contributed by atoms with Crippen LogP contribution in [0.25, 0.3) is 33.6 Å². The van der Waals surface area contributed by atoms with Gasteiger partial charge in [0, 0.05) is 17.2 Å². The van der Waals surface area contributed by atoms with E-state index in [-0.39, 0.29) is 18.8 Å². The zero-order valence-corrected chi connectivity index (χ0v) is 18.7. The van der Waals surface area contributed by atoms with Gasteiger partial charge in [0.2, 0.25) is 5.71 Å². The molecule has 2 heterocycles. The van der Waals surface area contributed by atoms with Crippen LogP contribution in [0.5, 0.6) is 5.75 Å². The van der Waals surface area contributed by atoms with Crippen molar-refractivity contribution in [3.05, 3.63) is 60.9 Å². The summed E-state index contributed by atoms with van der Waals surface area (Å²) in [5.41, 5.74) is 3.31. The van der Waals surface area contributed by atoms with Crippen LogP contribution in [-0.2, 0) is 9.53 Å². The van der Waals surface area contributed by atoms with Crippen LogP contribution < -0.4 is 10.1 Å². The lowest BCUT2D eigenvalue weighted by molar-refractivity contribution is -0.144. The molecule has 4 aromatic rings. The van der Waals surface area contributed by atoms with E-state index in [0.29, 0.717) is 18.0 Å². The van der Waals surface area contributed by atoms with Gasteiger partial charge in [-0.15, -0.1) is 0 Å². The second kappa shape index (κ2) is 9.52. The van der Waals surface area contributed by atoms with Gasteiger partial charge in [0.1, 0.15) is 30.3 Å². The molecule has 2 atom stereocenters. The van der Waals surface area contributed by atoms with Gasteiger partial charge in [-0.1, -0.05) is 42.5 Å². The van der Waals surface area contributed by atoms with E-state index in [9.17, 15) is 4.79 Å². The summed E-state index contributed by atoms with van der Waals surface area (Å²) in [7, 11) is 1.64. The number of nitrogens with zero attached hydrogens (tertiary/aromatic N) is 2. The maximum Gasteiger partial charge on any atom is 0.329 e. The van der Waals surface area contributed by atoms with E-state index in [1.165, 1.54) is 6.33 Å². The third kappa shape index (κ3) is 4.45. The van der Waals surface area contributed by atoms with Crippen molar-refractivity contribution < 1.29 is 23.8 Å². The maximum atomic E-state index is 10.8. The quantitative estimate of drug-likeness (QED) is 0.379. The molecule has 2 aromatic carbocycles. The van der Waals surface area contributed by atoms with E-state index >= 15 is 0 Å². The van der Waals surface area contributed by atoms with Crippen molar-refractivity contribution in [2.45, 2.75) is 31.4 Å². The molecule has 0 radical (unpaired) electrons. The van der Waals surface area contributed by atoms with Gasteiger partial charge in [-0.3, -0.25) is 0 Å². The van der Waals surface area contributed by atoms with Crippen LogP contribution in [0.4, 0.5) is 5.82 Å². The minimum absolute atomic E-state index is 0.0868. The van der Waals surface area contributed by atoms with Gasteiger partial charge in [-0.2, -0.15) is 0 Å². The number of benzene rings is 2. The number of aromatic nitrogens is 2. The number of nitrogens with one attached hydrogen (secondary N) is 1. The van der Waals surface area contributed by atoms with Crippen molar-refractivity contribution in [2.24, 2.45) is 0 Å². The second-order valence-electron chi connectivity index (χ2n) is 8.28. The number of rotatable bonds is 8. The molecule has 2 N–H and O–H groups in total. The summed E-state index contributed by atoms with van der Waals surface area (Å²) >= 11 is 0. The smallest absolute Gasteiger partial charge is 0.329 e. The van der Waals surface area contributed by atoms with Crippen molar-refractivity contribution in [3.63, 3.8) is 0 Å². The molecule has 8 nitrogen and oxygen atoms in total. The summed E-state index contributed by atoms with van der Waals surface area (Å²) in [5.74, 6) is 1.22. The van der Waals surface area contributed by atoms with Crippen molar-refractivity contribution in [2.75, 3.05) is 19.0 Å². The molecule has 1 unspecified atom stereocenters. The lowest BCUT2D eigenvalue weighted by atomic mass is 9.99. The molecule has 34 heavy (non-hydrogen) atoms. The first-order chi connectivity index (χ1) is 16.6. The number of carbonyl (C=O) groups is 1. The van der Waals surface area contributed by atoms with Crippen molar-refractivity contribution in [1.29, 1.82) is 0 Å². The highest BCUT2D eigenvalue weighted by atomic mass is 16.5. The Kier molecular flexibility index (Phi) is 6.14. The molecule has 0 amide bonds. The fraction of sp³-hybridized carbons (Fsp3) is 0.269. The highest BCUT2D eigenvalue weighted by molar-refractivity contribution is 6.05. The first-order valence-electron chi connectivity index (χ1n) is 11.2. The molecular formula is C26H25N3O5. The number of ether oxygens (including phenoxy) is 2. The molecule has 174 valence electrons. The van der Waals surface area contributed by atoms with E-state index in [0.717, 1.165) is 46.4 Å². The van der Waals surface area contributed by atoms with Crippen LogP contribution in [-0.4, -0.2) is 46.9 Å². The molecule has 5 rings (SSSR count). The minimum Gasteiger partial charge on any atom is -0.497 e. The molecule has 0 saturated heterocycles. The van der Waals surface area contributed by atoms with Gasteiger partial charge < -0.3 is 24.3 Å². The topological polar surface area (TPSA) is 107 Å². The lowest BCUT2D eigenvalue weighted by Crippen LogP contribution is -2.20. The summed E-state index contributed by atoms with van der Waals surface area (Å²) in [6.45, 7) is -0.279. The average molecular weight is 460 g/mol. The number of methoxy groups -OCH3 is 1. The van der Waals surface area contributed by atoms with Crippen LogP contribution in [0.1, 0.15) is 19.3 Å². The molecular weight excluding hydrogens is 434 g/mol. The number of fused-ring (bicyclic) bond motifs is 1. The Bertz CT molecular complexity index is 1290. The van der Waals surface area contributed by atoms with E-state index in [4.69, 9.17) is 19.0 Å².